The Balaban J connectivity index is 2.73. The van der Waals surface area contributed by atoms with Gasteiger partial charge in [0.2, 0.25) is 5.88 Å². The zero-order valence-electron chi connectivity index (χ0n) is 9.65. The van der Waals surface area contributed by atoms with Crippen LogP contribution in [0.3, 0.4) is 0 Å². The molecule has 0 radical (unpaired) electrons. The Morgan fingerprint density at radius 1 is 1.31 bits per heavy atom. The van der Waals surface area contributed by atoms with E-state index in [-0.39, 0.29) is 0 Å². The molecular weight excluding hydrogens is 272 g/mol. The van der Waals surface area contributed by atoms with Gasteiger partial charge in [-0.15, -0.1) is 0 Å². The van der Waals surface area contributed by atoms with Crippen molar-refractivity contribution in [3.8, 4) is 5.88 Å². The average Bonchev–Trinajstić information content (AvgIpc) is 2.34. The van der Waals surface area contributed by atoms with E-state index in [0.29, 0.717) is 12.5 Å². The second kappa shape index (κ2) is 7.46. The number of halogens is 1. The maximum atomic E-state index is 5.11. The number of methoxy groups -OCH3 is 2. The molecule has 0 fully saturated rings. The maximum absolute atomic E-state index is 5.11. The fourth-order valence-corrected chi connectivity index (χ4v) is 1.77. The van der Waals surface area contributed by atoms with Gasteiger partial charge in [-0.25, -0.2) is 0 Å². The third-order valence-corrected chi connectivity index (χ3v) is 2.52. The third kappa shape index (κ3) is 3.98. The summed E-state index contributed by atoms with van der Waals surface area (Å²) in [7, 11) is 3.32. The van der Waals surface area contributed by atoms with Crippen LogP contribution in [0.5, 0.6) is 5.88 Å². The molecule has 1 heterocycles. The van der Waals surface area contributed by atoms with Crippen LogP contribution in [0.2, 0.25) is 0 Å². The van der Waals surface area contributed by atoms with Gasteiger partial charge in [-0.2, -0.15) is 4.98 Å². The second-order valence-electron chi connectivity index (χ2n) is 3.21. The first-order chi connectivity index (χ1) is 7.81. The minimum absolute atomic E-state index is 0.634. The van der Waals surface area contributed by atoms with Crippen molar-refractivity contribution in [3.63, 3.8) is 0 Å². The lowest BCUT2D eigenvalue weighted by molar-refractivity contribution is 0.205. The van der Waals surface area contributed by atoms with Crippen molar-refractivity contribution in [1.82, 2.24) is 4.98 Å². The fraction of sp³-hybridized carbons (Fsp3) is 0.545. The van der Waals surface area contributed by atoms with Crippen molar-refractivity contribution in [2.45, 2.75) is 0 Å². The van der Waals surface area contributed by atoms with Gasteiger partial charge in [0.05, 0.1) is 13.7 Å². The molecule has 0 atom stereocenters. The summed E-state index contributed by atoms with van der Waals surface area (Å²) in [5.74, 6) is 1.55. The predicted molar refractivity (Wildman–Crippen MR) is 68.7 cm³/mol. The standard InChI is InChI=1S/C11H17BrN2O2/c1-15-9-8-14(7-6-12)10-4-3-5-11(13-10)16-2/h3-5H,6-9H2,1-2H3. The molecule has 1 aromatic rings. The molecule has 0 aromatic carbocycles. The number of hydrogen-bond acceptors (Lipinski definition) is 4. The van der Waals surface area contributed by atoms with Gasteiger partial charge < -0.3 is 14.4 Å². The maximum Gasteiger partial charge on any atom is 0.214 e. The molecule has 0 saturated heterocycles. The topological polar surface area (TPSA) is 34.6 Å². The molecule has 0 saturated carbocycles. The SMILES string of the molecule is COCCN(CCBr)c1cccc(OC)n1. The molecule has 5 heteroatoms. The Morgan fingerprint density at radius 2 is 2.12 bits per heavy atom. The van der Waals surface area contributed by atoms with Crippen LogP contribution in [0.25, 0.3) is 0 Å². The molecule has 0 amide bonds. The van der Waals surface area contributed by atoms with Gasteiger partial charge in [0.15, 0.2) is 0 Å². The number of alkyl halides is 1. The Hall–Kier alpha value is -0.810. The number of nitrogens with zero attached hydrogens (tertiary/aromatic N) is 2. The first kappa shape index (κ1) is 13.3. The van der Waals surface area contributed by atoms with Crippen molar-refractivity contribution in [1.29, 1.82) is 0 Å². The zero-order chi connectivity index (χ0) is 11.8. The smallest absolute Gasteiger partial charge is 0.214 e. The summed E-state index contributed by atoms with van der Waals surface area (Å²) in [6.45, 7) is 2.40. The summed E-state index contributed by atoms with van der Waals surface area (Å²) in [6, 6.07) is 5.75. The molecule has 0 aliphatic rings. The van der Waals surface area contributed by atoms with E-state index in [1.54, 1.807) is 14.2 Å². The van der Waals surface area contributed by atoms with Crippen LogP contribution >= 0.6 is 15.9 Å². The van der Waals surface area contributed by atoms with E-state index in [0.717, 1.165) is 24.2 Å². The van der Waals surface area contributed by atoms with Crippen molar-refractivity contribution in [2.24, 2.45) is 0 Å². The van der Waals surface area contributed by atoms with E-state index >= 15 is 0 Å². The first-order valence-corrected chi connectivity index (χ1v) is 6.25. The molecule has 0 aliphatic carbocycles. The normalized spacial score (nSPS) is 10.2. The van der Waals surface area contributed by atoms with Gasteiger partial charge in [0.1, 0.15) is 5.82 Å². The lowest BCUT2D eigenvalue weighted by atomic mass is 10.4. The van der Waals surface area contributed by atoms with Gasteiger partial charge in [0.25, 0.3) is 0 Å². The highest BCUT2D eigenvalue weighted by Crippen LogP contribution is 2.15. The minimum atomic E-state index is 0.634. The molecule has 0 unspecified atom stereocenters. The monoisotopic (exact) mass is 288 g/mol. The van der Waals surface area contributed by atoms with Gasteiger partial charge >= 0.3 is 0 Å². The number of aromatic nitrogens is 1. The summed E-state index contributed by atoms with van der Waals surface area (Å²) < 4.78 is 10.2. The summed E-state index contributed by atoms with van der Waals surface area (Å²) in [5, 5.41) is 0.898. The summed E-state index contributed by atoms with van der Waals surface area (Å²) in [4.78, 5) is 6.54. The largest absolute Gasteiger partial charge is 0.481 e. The molecular formula is C11H17BrN2O2. The lowest BCUT2D eigenvalue weighted by Crippen LogP contribution is -2.29. The van der Waals surface area contributed by atoms with Crippen LogP contribution in [-0.2, 0) is 4.74 Å². The molecule has 0 bridgehead atoms. The van der Waals surface area contributed by atoms with Crippen molar-refractivity contribution in [2.75, 3.05) is 44.1 Å². The van der Waals surface area contributed by atoms with Crippen molar-refractivity contribution < 1.29 is 9.47 Å². The molecule has 1 aromatic heterocycles. The molecule has 0 aliphatic heterocycles. The van der Waals surface area contributed by atoms with Crippen molar-refractivity contribution >= 4 is 21.7 Å². The average molecular weight is 289 g/mol. The van der Waals surface area contributed by atoms with Crippen LogP contribution in [0.1, 0.15) is 0 Å². The minimum Gasteiger partial charge on any atom is -0.481 e. The molecule has 16 heavy (non-hydrogen) atoms. The highest BCUT2D eigenvalue weighted by molar-refractivity contribution is 9.09. The van der Waals surface area contributed by atoms with Crippen LogP contribution in [0, 0.1) is 0 Å². The number of ether oxygens (including phenoxy) is 2. The van der Waals surface area contributed by atoms with Crippen LogP contribution in [0.15, 0.2) is 18.2 Å². The number of hydrogen-bond donors (Lipinski definition) is 0. The summed E-state index contributed by atoms with van der Waals surface area (Å²) in [6.07, 6.45) is 0. The van der Waals surface area contributed by atoms with E-state index in [9.17, 15) is 0 Å². The molecule has 0 N–H and O–H groups in total. The lowest BCUT2D eigenvalue weighted by Gasteiger charge is -2.22. The molecule has 90 valence electrons. The molecule has 4 nitrogen and oxygen atoms in total. The first-order valence-electron chi connectivity index (χ1n) is 5.12. The van der Waals surface area contributed by atoms with Gasteiger partial charge in [-0.3, -0.25) is 0 Å². The Bertz CT molecular complexity index is 310. The number of pyridine rings is 1. The Labute approximate surface area is 105 Å². The molecule has 0 spiro atoms. The quantitative estimate of drug-likeness (QED) is 0.718. The van der Waals surface area contributed by atoms with Gasteiger partial charge in [-0.1, -0.05) is 22.0 Å². The van der Waals surface area contributed by atoms with Gasteiger partial charge in [0, 0.05) is 31.6 Å². The number of rotatable bonds is 7. The van der Waals surface area contributed by atoms with Crippen molar-refractivity contribution in [3.05, 3.63) is 18.2 Å². The highest BCUT2D eigenvalue weighted by atomic mass is 79.9. The zero-order valence-corrected chi connectivity index (χ0v) is 11.2. The van der Waals surface area contributed by atoms with E-state index in [1.165, 1.54) is 0 Å². The fourth-order valence-electron chi connectivity index (χ4n) is 1.34. The predicted octanol–water partition coefficient (Wildman–Crippen LogP) is 1.94. The second-order valence-corrected chi connectivity index (χ2v) is 4.00. The van der Waals surface area contributed by atoms with E-state index < -0.39 is 0 Å². The third-order valence-electron chi connectivity index (χ3n) is 2.16. The van der Waals surface area contributed by atoms with Crippen LogP contribution in [-0.4, -0.2) is 44.2 Å². The van der Waals surface area contributed by atoms with Crippen LogP contribution in [0.4, 0.5) is 5.82 Å². The Kier molecular flexibility index (Phi) is 6.18. The highest BCUT2D eigenvalue weighted by Gasteiger charge is 2.07. The van der Waals surface area contributed by atoms with E-state index in [2.05, 4.69) is 25.8 Å². The summed E-state index contributed by atoms with van der Waals surface area (Å²) >= 11 is 3.43. The van der Waals surface area contributed by atoms with E-state index in [4.69, 9.17) is 9.47 Å². The Morgan fingerprint density at radius 3 is 2.75 bits per heavy atom. The van der Waals surface area contributed by atoms with Crippen LogP contribution < -0.4 is 9.64 Å². The van der Waals surface area contributed by atoms with E-state index in [1.807, 2.05) is 18.2 Å². The van der Waals surface area contributed by atoms with Gasteiger partial charge in [-0.05, 0) is 6.07 Å². The number of anilines is 1. The summed E-state index contributed by atoms with van der Waals surface area (Å²) in [5.41, 5.74) is 0. The molecule has 1 rings (SSSR count).